The number of rotatable bonds is 7. The van der Waals surface area contributed by atoms with Gasteiger partial charge in [0.2, 0.25) is 0 Å². The zero-order valence-electron chi connectivity index (χ0n) is 25.9. The highest BCUT2D eigenvalue weighted by molar-refractivity contribution is 5.86. The topological polar surface area (TPSA) is 147 Å². The Hall–Kier alpha value is -3.20. The Morgan fingerprint density at radius 1 is 0.698 bits per heavy atom. The molecule has 0 aliphatic carbocycles. The minimum Gasteiger partial charge on any atom is -0.477 e. The number of pyridine rings is 2. The van der Waals surface area contributed by atoms with Gasteiger partial charge in [0.25, 0.3) is 0 Å². The van der Waals surface area contributed by atoms with E-state index < -0.39 is 11.9 Å². The fraction of sp³-hybridized carbons (Fsp3) is 0.600. The second-order valence-corrected chi connectivity index (χ2v) is 9.72. The normalized spacial score (nSPS) is 17.1. The van der Waals surface area contributed by atoms with Crippen LogP contribution in [0.15, 0.2) is 30.3 Å². The van der Waals surface area contributed by atoms with E-state index in [1.807, 2.05) is 45.0 Å². The highest BCUT2D eigenvalue weighted by Crippen LogP contribution is 2.16. The van der Waals surface area contributed by atoms with E-state index in [-0.39, 0.29) is 11.4 Å². The molecule has 13 nitrogen and oxygen atoms in total. The van der Waals surface area contributed by atoms with Crippen LogP contribution in [0.2, 0.25) is 0 Å². The molecule has 0 spiro atoms. The van der Waals surface area contributed by atoms with Gasteiger partial charge in [0, 0.05) is 59.1 Å². The molecule has 0 radical (unpaired) electrons. The van der Waals surface area contributed by atoms with Crippen molar-refractivity contribution in [2.75, 3.05) is 98.0 Å². The van der Waals surface area contributed by atoms with Gasteiger partial charge in [-0.1, -0.05) is 19.9 Å². The number of anilines is 1. The number of carboxylic acid groups (broad SMARTS) is 2. The smallest absolute Gasteiger partial charge is 0.354 e. The summed E-state index contributed by atoms with van der Waals surface area (Å²) in [7, 11) is 3.73. The lowest BCUT2D eigenvalue weighted by molar-refractivity contribution is 0.00597. The van der Waals surface area contributed by atoms with Gasteiger partial charge in [-0.2, -0.15) is 0 Å². The quantitative estimate of drug-likeness (QED) is 0.476. The van der Waals surface area contributed by atoms with Crippen LogP contribution >= 0.6 is 0 Å². The zero-order valence-corrected chi connectivity index (χ0v) is 25.9. The summed E-state index contributed by atoms with van der Waals surface area (Å²) in [6, 6.07) is 8.44. The summed E-state index contributed by atoms with van der Waals surface area (Å²) in [5.74, 6) is -2.11. The number of carbonyl (C=O) groups is 2. The monoisotopic (exact) mass is 605 g/mol. The maximum Gasteiger partial charge on any atom is 0.354 e. The zero-order chi connectivity index (χ0) is 31.5. The van der Waals surface area contributed by atoms with Crippen LogP contribution in [0.3, 0.4) is 0 Å². The Balaban J connectivity index is 0.00000316. The number of hydrogen-bond donors (Lipinski definition) is 2. The van der Waals surface area contributed by atoms with Gasteiger partial charge in [0.15, 0.2) is 5.69 Å². The van der Waals surface area contributed by atoms with Crippen LogP contribution in [-0.2, 0) is 32.0 Å². The largest absolute Gasteiger partial charge is 0.477 e. The second kappa shape index (κ2) is 20.7. The van der Waals surface area contributed by atoms with Crippen molar-refractivity contribution in [3.8, 4) is 0 Å². The summed E-state index contributed by atoms with van der Waals surface area (Å²) in [5, 5.41) is 18.7. The van der Waals surface area contributed by atoms with Crippen LogP contribution < -0.4 is 4.90 Å². The van der Waals surface area contributed by atoms with Gasteiger partial charge >= 0.3 is 11.9 Å². The summed E-state index contributed by atoms with van der Waals surface area (Å²) in [4.78, 5) is 37.5. The highest BCUT2D eigenvalue weighted by Gasteiger charge is 2.14. The molecule has 0 unspecified atom stereocenters. The first-order valence-corrected chi connectivity index (χ1v) is 14.7. The predicted molar refractivity (Wildman–Crippen MR) is 162 cm³/mol. The molecule has 0 amide bonds. The van der Waals surface area contributed by atoms with Crippen LogP contribution in [0.4, 0.5) is 5.69 Å². The summed E-state index contributed by atoms with van der Waals surface area (Å²) in [6.45, 7) is 11.1. The predicted octanol–water partition coefficient (Wildman–Crippen LogP) is 2.35. The van der Waals surface area contributed by atoms with E-state index in [0.717, 1.165) is 5.69 Å². The second-order valence-electron chi connectivity index (χ2n) is 9.72. The van der Waals surface area contributed by atoms with Crippen molar-refractivity contribution in [3.63, 3.8) is 0 Å². The van der Waals surface area contributed by atoms with E-state index >= 15 is 0 Å². The Morgan fingerprint density at radius 3 is 1.58 bits per heavy atom. The third-order valence-electron chi connectivity index (χ3n) is 6.35. The number of ether oxygens (including phenoxy) is 4. The third kappa shape index (κ3) is 14.2. The molecule has 0 atom stereocenters. The van der Waals surface area contributed by atoms with Crippen LogP contribution in [0.1, 0.15) is 46.2 Å². The maximum absolute atomic E-state index is 11.6. The average Bonchev–Trinajstić information content (AvgIpc) is 2.99. The minimum absolute atomic E-state index is 0.0120. The van der Waals surface area contributed by atoms with Gasteiger partial charge in [0.05, 0.1) is 64.2 Å². The van der Waals surface area contributed by atoms with Crippen molar-refractivity contribution in [2.24, 2.45) is 0 Å². The summed E-state index contributed by atoms with van der Waals surface area (Å²) >= 11 is 0. The molecule has 0 saturated carbocycles. The summed E-state index contributed by atoms with van der Waals surface area (Å²) < 4.78 is 23.2. The van der Waals surface area contributed by atoms with Crippen molar-refractivity contribution < 1.29 is 38.7 Å². The molecule has 1 aliphatic rings. The minimum atomic E-state index is -1.06. The Bertz CT molecular complexity index is 1080. The van der Waals surface area contributed by atoms with E-state index in [2.05, 4.69) is 19.8 Å². The lowest BCUT2D eigenvalue weighted by atomic mass is 10.2. The SMILES string of the molecule is CC.CN(C)c1cc(CN2CCOCCOCCN(Cc3cccc(C(=O)O)n3)CCOCCOCC2)nc(C(=O)O)c1. The van der Waals surface area contributed by atoms with Crippen molar-refractivity contribution in [1.29, 1.82) is 0 Å². The van der Waals surface area contributed by atoms with Gasteiger partial charge < -0.3 is 34.1 Å². The maximum atomic E-state index is 11.6. The fourth-order valence-electron chi connectivity index (χ4n) is 4.12. The van der Waals surface area contributed by atoms with Crippen molar-refractivity contribution >= 4 is 17.6 Å². The first kappa shape index (κ1) is 36.0. The van der Waals surface area contributed by atoms with E-state index in [1.165, 1.54) is 6.07 Å². The molecule has 3 rings (SSSR count). The summed E-state index contributed by atoms with van der Waals surface area (Å²) in [6.07, 6.45) is 0. The first-order chi connectivity index (χ1) is 20.8. The first-order valence-electron chi connectivity index (χ1n) is 14.7. The highest BCUT2D eigenvalue weighted by atomic mass is 16.5. The van der Waals surface area contributed by atoms with Gasteiger partial charge in [0.1, 0.15) is 5.69 Å². The Labute approximate surface area is 254 Å². The average molecular weight is 606 g/mol. The number of carboxylic acids is 2. The van der Waals surface area contributed by atoms with Gasteiger partial charge in [-0.25, -0.2) is 19.6 Å². The molecular weight excluding hydrogens is 558 g/mol. The molecular formula is C30H47N5O8. The number of aromatic carboxylic acids is 2. The van der Waals surface area contributed by atoms with Gasteiger partial charge in [-0.3, -0.25) is 9.80 Å². The number of nitrogens with zero attached hydrogens (tertiary/aromatic N) is 5. The van der Waals surface area contributed by atoms with E-state index in [4.69, 9.17) is 18.9 Å². The van der Waals surface area contributed by atoms with E-state index in [1.54, 1.807) is 12.1 Å². The molecule has 2 aromatic heterocycles. The summed E-state index contributed by atoms with van der Waals surface area (Å²) in [5.41, 5.74) is 2.15. The third-order valence-corrected chi connectivity index (χ3v) is 6.35. The lowest BCUT2D eigenvalue weighted by Crippen LogP contribution is -2.33. The molecule has 2 aromatic rings. The van der Waals surface area contributed by atoms with Crippen molar-refractivity contribution in [1.82, 2.24) is 19.8 Å². The molecule has 1 saturated heterocycles. The van der Waals surface area contributed by atoms with Gasteiger partial charge in [-0.15, -0.1) is 0 Å². The standard InChI is InChI=1S/C28H41N5O8.C2H6/c1-31(2)24-18-23(30-26(19-24)28(36)37)21-33-8-12-40-16-14-38-10-6-32(7-11-39-15-17-41-13-9-33)20-22-4-3-5-25(29-22)27(34)35;1-2/h3-5,18-19H,6-17,20-21H2,1-2H3,(H,34,35)(H,36,37);1-2H3. The van der Waals surface area contributed by atoms with Crippen LogP contribution in [0.5, 0.6) is 0 Å². The Morgan fingerprint density at radius 2 is 1.14 bits per heavy atom. The molecule has 3 heterocycles. The molecule has 1 fully saturated rings. The molecule has 43 heavy (non-hydrogen) atoms. The molecule has 240 valence electrons. The van der Waals surface area contributed by atoms with Gasteiger partial charge in [-0.05, 0) is 24.3 Å². The van der Waals surface area contributed by atoms with Crippen LogP contribution in [0, 0.1) is 0 Å². The fourth-order valence-corrected chi connectivity index (χ4v) is 4.12. The van der Waals surface area contributed by atoms with Crippen LogP contribution in [-0.4, -0.2) is 135 Å². The molecule has 0 bridgehead atoms. The molecule has 2 N–H and O–H groups in total. The van der Waals surface area contributed by atoms with Crippen LogP contribution in [0.25, 0.3) is 0 Å². The van der Waals surface area contributed by atoms with Crippen molar-refractivity contribution in [2.45, 2.75) is 26.9 Å². The van der Waals surface area contributed by atoms with E-state index in [0.29, 0.717) is 104 Å². The van der Waals surface area contributed by atoms with E-state index in [9.17, 15) is 19.8 Å². The molecule has 1 aliphatic heterocycles. The van der Waals surface area contributed by atoms with Crippen molar-refractivity contribution in [3.05, 3.63) is 53.1 Å². The Kier molecular flexibility index (Phi) is 17.3. The molecule has 0 aromatic carbocycles. The molecule has 13 heteroatoms. The number of hydrogen-bond acceptors (Lipinski definition) is 11. The number of aromatic nitrogens is 2. The lowest BCUT2D eigenvalue weighted by Gasteiger charge is -2.24.